The number of sulfone groups is 1. The van der Waals surface area contributed by atoms with Crippen LogP contribution in [-0.2, 0) is 9.84 Å². The highest BCUT2D eigenvalue weighted by molar-refractivity contribution is 7.91. The number of hydrogen-bond donors (Lipinski definition) is 2. The maximum atomic E-state index is 12.2. The van der Waals surface area contributed by atoms with E-state index in [-0.39, 0.29) is 34.6 Å². The largest absolute Gasteiger partial charge is 0.399 e. The average molecular weight is 321 g/mol. The Hall–Kier alpha value is -1.43. The number of hydrogen-bond acceptors (Lipinski definition) is 4. The summed E-state index contributed by atoms with van der Waals surface area (Å²) in [5.41, 5.74) is 12.1. The maximum absolute atomic E-state index is 12.2. The first-order valence-corrected chi connectivity index (χ1v) is 6.44. The van der Waals surface area contributed by atoms with Gasteiger partial charge in [0, 0.05) is 11.4 Å². The van der Waals surface area contributed by atoms with Crippen molar-refractivity contribution in [3.63, 3.8) is 0 Å². The first kappa shape index (κ1) is 17.6. The van der Waals surface area contributed by atoms with Gasteiger partial charge in [0.05, 0.1) is 9.79 Å². The second-order valence-corrected chi connectivity index (χ2v) is 5.59. The number of benzene rings is 2. The van der Waals surface area contributed by atoms with Crippen LogP contribution in [0.25, 0.3) is 0 Å². The number of anilines is 2. The third-order valence-electron chi connectivity index (χ3n) is 2.38. The van der Waals surface area contributed by atoms with Crippen LogP contribution in [0.15, 0.2) is 58.3 Å². The topological polar surface area (TPSA) is 86.2 Å². The van der Waals surface area contributed by atoms with Crippen LogP contribution < -0.4 is 11.5 Å². The molecule has 0 aliphatic heterocycles. The minimum Gasteiger partial charge on any atom is -0.399 e. The van der Waals surface area contributed by atoms with Crippen LogP contribution in [0.3, 0.4) is 0 Å². The maximum Gasteiger partial charge on any atom is 0.206 e. The highest BCUT2D eigenvalue weighted by Crippen LogP contribution is 2.22. The van der Waals surface area contributed by atoms with Crippen LogP contribution in [0.1, 0.15) is 0 Å². The zero-order chi connectivity index (χ0) is 12.5. The van der Waals surface area contributed by atoms with Crippen molar-refractivity contribution in [2.75, 3.05) is 11.5 Å². The van der Waals surface area contributed by atoms with Gasteiger partial charge in [0.25, 0.3) is 0 Å². The Kier molecular flexibility index (Phi) is 6.15. The van der Waals surface area contributed by atoms with E-state index in [9.17, 15) is 8.42 Å². The molecule has 19 heavy (non-hydrogen) atoms. The molecule has 0 spiro atoms. The summed E-state index contributed by atoms with van der Waals surface area (Å²) in [4.78, 5) is 0.438. The third-order valence-corrected chi connectivity index (χ3v) is 4.17. The summed E-state index contributed by atoms with van der Waals surface area (Å²) >= 11 is 0. The van der Waals surface area contributed by atoms with Crippen LogP contribution >= 0.6 is 24.8 Å². The summed E-state index contributed by atoms with van der Waals surface area (Å²) in [5.74, 6) is 0. The zero-order valence-corrected chi connectivity index (χ0v) is 12.3. The SMILES string of the molecule is Cl.Cl.Nc1ccc(S(=O)(=O)c2ccc(N)cc2)cc1. The van der Waals surface area contributed by atoms with Crippen LogP contribution in [0.5, 0.6) is 0 Å². The standard InChI is InChI=1S/C12H12N2O2S.2ClH/c13-9-1-5-11(6-2-9)17(15,16)12-7-3-10(14)4-8-12;;/h1-8H,13-14H2;2*1H. The van der Waals surface area contributed by atoms with Gasteiger partial charge in [0.2, 0.25) is 9.84 Å². The smallest absolute Gasteiger partial charge is 0.206 e. The van der Waals surface area contributed by atoms with Crippen molar-refractivity contribution in [2.45, 2.75) is 9.79 Å². The van der Waals surface area contributed by atoms with Crippen molar-refractivity contribution in [1.29, 1.82) is 0 Å². The van der Waals surface area contributed by atoms with Gasteiger partial charge in [-0.25, -0.2) is 8.42 Å². The van der Waals surface area contributed by atoms with E-state index in [0.717, 1.165) is 0 Å². The summed E-state index contributed by atoms with van der Waals surface area (Å²) < 4.78 is 24.3. The van der Waals surface area contributed by atoms with E-state index in [1.54, 1.807) is 24.3 Å². The molecule has 0 atom stereocenters. The molecule has 0 aliphatic rings. The van der Waals surface area contributed by atoms with E-state index in [2.05, 4.69) is 0 Å². The molecule has 7 heteroatoms. The summed E-state index contributed by atoms with van der Waals surface area (Å²) in [5, 5.41) is 0. The van der Waals surface area contributed by atoms with Crippen LogP contribution in [0.2, 0.25) is 0 Å². The fourth-order valence-electron chi connectivity index (χ4n) is 1.43. The second kappa shape index (κ2) is 6.65. The van der Waals surface area contributed by atoms with Crippen molar-refractivity contribution in [3.8, 4) is 0 Å². The molecule has 0 bridgehead atoms. The van der Waals surface area contributed by atoms with Crippen LogP contribution in [0, 0.1) is 0 Å². The fraction of sp³-hybridized carbons (Fsp3) is 0. The van der Waals surface area contributed by atoms with Gasteiger partial charge in [0.15, 0.2) is 0 Å². The Labute approximate surface area is 124 Å². The second-order valence-electron chi connectivity index (χ2n) is 3.64. The van der Waals surface area contributed by atoms with Crippen molar-refractivity contribution >= 4 is 46.0 Å². The van der Waals surface area contributed by atoms with Gasteiger partial charge in [-0.1, -0.05) is 0 Å². The molecule has 0 amide bonds. The number of nitrogens with two attached hydrogens (primary N) is 2. The molecule has 0 aliphatic carbocycles. The molecule has 0 saturated heterocycles. The molecule has 0 unspecified atom stereocenters. The Morgan fingerprint density at radius 1 is 0.632 bits per heavy atom. The van der Waals surface area contributed by atoms with Gasteiger partial charge >= 0.3 is 0 Å². The van der Waals surface area contributed by atoms with E-state index in [0.29, 0.717) is 11.4 Å². The van der Waals surface area contributed by atoms with Gasteiger partial charge in [-0.2, -0.15) is 0 Å². The van der Waals surface area contributed by atoms with Crippen molar-refractivity contribution in [2.24, 2.45) is 0 Å². The van der Waals surface area contributed by atoms with E-state index in [1.807, 2.05) is 0 Å². The minimum atomic E-state index is -3.48. The molecule has 4 N–H and O–H groups in total. The van der Waals surface area contributed by atoms with Gasteiger partial charge in [-0.05, 0) is 48.5 Å². The van der Waals surface area contributed by atoms with Gasteiger partial charge < -0.3 is 11.5 Å². The van der Waals surface area contributed by atoms with Crippen LogP contribution in [0.4, 0.5) is 11.4 Å². The van der Waals surface area contributed by atoms with Crippen molar-refractivity contribution in [1.82, 2.24) is 0 Å². The minimum absolute atomic E-state index is 0. The first-order valence-electron chi connectivity index (χ1n) is 4.96. The highest BCUT2D eigenvalue weighted by Gasteiger charge is 2.16. The average Bonchev–Trinajstić information content (AvgIpc) is 2.30. The Bertz CT molecular complexity index is 574. The Balaban J connectivity index is 0.00000162. The third kappa shape index (κ3) is 3.76. The zero-order valence-electron chi connectivity index (χ0n) is 9.81. The summed E-state index contributed by atoms with van der Waals surface area (Å²) in [6, 6.07) is 12.2. The quantitative estimate of drug-likeness (QED) is 0.832. The highest BCUT2D eigenvalue weighted by atomic mass is 35.5. The molecule has 2 rings (SSSR count). The summed E-state index contributed by atoms with van der Waals surface area (Å²) in [6.07, 6.45) is 0. The molecule has 4 nitrogen and oxygen atoms in total. The lowest BCUT2D eigenvalue weighted by atomic mass is 10.3. The van der Waals surface area contributed by atoms with E-state index in [1.165, 1.54) is 24.3 Å². The van der Waals surface area contributed by atoms with E-state index in [4.69, 9.17) is 11.5 Å². The molecule has 2 aromatic carbocycles. The lowest BCUT2D eigenvalue weighted by molar-refractivity contribution is 0.596. The predicted octanol–water partition coefficient (Wildman–Crippen LogP) is 2.53. The molecule has 0 heterocycles. The molecular formula is C12H14Cl2N2O2S. The van der Waals surface area contributed by atoms with E-state index < -0.39 is 9.84 Å². The predicted molar refractivity (Wildman–Crippen MR) is 81.7 cm³/mol. The van der Waals surface area contributed by atoms with Gasteiger partial charge in [-0.15, -0.1) is 24.8 Å². The molecular weight excluding hydrogens is 307 g/mol. The summed E-state index contributed by atoms with van der Waals surface area (Å²) in [7, 11) is -3.48. The molecule has 0 saturated carbocycles. The number of nitrogen functional groups attached to an aromatic ring is 2. The molecule has 0 aromatic heterocycles. The van der Waals surface area contributed by atoms with E-state index >= 15 is 0 Å². The Morgan fingerprint density at radius 3 is 1.16 bits per heavy atom. The lowest BCUT2D eigenvalue weighted by Crippen LogP contribution is -2.02. The Morgan fingerprint density at radius 2 is 0.895 bits per heavy atom. The fourth-order valence-corrected chi connectivity index (χ4v) is 2.69. The number of rotatable bonds is 2. The monoisotopic (exact) mass is 320 g/mol. The van der Waals surface area contributed by atoms with Crippen LogP contribution in [-0.4, -0.2) is 8.42 Å². The molecule has 2 aromatic rings. The van der Waals surface area contributed by atoms with Gasteiger partial charge in [0.1, 0.15) is 0 Å². The first-order chi connectivity index (χ1) is 8.00. The van der Waals surface area contributed by atoms with Crippen molar-refractivity contribution < 1.29 is 8.42 Å². The van der Waals surface area contributed by atoms with Crippen molar-refractivity contribution in [3.05, 3.63) is 48.5 Å². The number of halogens is 2. The lowest BCUT2D eigenvalue weighted by Gasteiger charge is -2.05. The van der Waals surface area contributed by atoms with Gasteiger partial charge in [-0.3, -0.25) is 0 Å². The summed E-state index contributed by atoms with van der Waals surface area (Å²) in [6.45, 7) is 0. The molecule has 104 valence electrons. The normalized spacial score (nSPS) is 10.1. The molecule has 0 radical (unpaired) electrons. The molecule has 0 fully saturated rings.